The van der Waals surface area contributed by atoms with Crippen molar-refractivity contribution in [2.24, 2.45) is 0 Å². The van der Waals surface area contributed by atoms with Crippen molar-refractivity contribution >= 4 is 5.91 Å². The first-order valence-electron chi connectivity index (χ1n) is 9.93. The van der Waals surface area contributed by atoms with Crippen molar-refractivity contribution in [3.8, 4) is 5.75 Å². The van der Waals surface area contributed by atoms with Crippen LogP contribution in [0.1, 0.15) is 38.2 Å². The quantitative estimate of drug-likeness (QED) is 0.662. The molecule has 2 heterocycles. The predicted molar refractivity (Wildman–Crippen MR) is 102 cm³/mol. The fourth-order valence-electron chi connectivity index (χ4n) is 3.66. The lowest BCUT2D eigenvalue weighted by molar-refractivity contribution is -0.146. The van der Waals surface area contributed by atoms with E-state index >= 15 is 0 Å². The molecule has 150 valence electrons. The van der Waals surface area contributed by atoms with Gasteiger partial charge in [0.15, 0.2) is 0 Å². The number of carbonyl (C=O) groups is 1. The third-order valence-electron chi connectivity index (χ3n) is 5.22. The maximum atomic E-state index is 13.1. The number of para-hydroxylation sites is 1. The molecule has 3 unspecified atom stereocenters. The van der Waals surface area contributed by atoms with E-state index in [0.717, 1.165) is 50.2 Å². The number of benzene rings is 1. The third-order valence-corrected chi connectivity index (χ3v) is 5.22. The van der Waals surface area contributed by atoms with Crippen LogP contribution in [0.4, 0.5) is 0 Å². The molecule has 6 nitrogen and oxygen atoms in total. The van der Waals surface area contributed by atoms with Crippen molar-refractivity contribution in [3.05, 3.63) is 29.8 Å². The number of nitrogens with zero attached hydrogens (tertiary/aromatic N) is 1. The van der Waals surface area contributed by atoms with Crippen LogP contribution < -0.4 is 4.74 Å². The molecule has 1 amide bonds. The fourth-order valence-corrected chi connectivity index (χ4v) is 3.66. The highest BCUT2D eigenvalue weighted by molar-refractivity contribution is 5.80. The summed E-state index contributed by atoms with van der Waals surface area (Å²) in [7, 11) is 1.65. The first-order valence-corrected chi connectivity index (χ1v) is 9.93. The number of amides is 1. The van der Waals surface area contributed by atoms with Gasteiger partial charge < -0.3 is 23.8 Å². The Bertz CT molecular complexity index is 596. The van der Waals surface area contributed by atoms with Crippen LogP contribution in [0.25, 0.3) is 0 Å². The number of ether oxygens (including phenoxy) is 4. The molecule has 3 atom stereocenters. The Morgan fingerprint density at radius 1 is 1.19 bits per heavy atom. The van der Waals surface area contributed by atoms with Crippen molar-refractivity contribution in [2.75, 3.05) is 33.5 Å². The number of carbonyl (C=O) groups excluding carboxylic acids is 1. The van der Waals surface area contributed by atoms with Crippen molar-refractivity contribution < 1.29 is 23.7 Å². The SMILES string of the molecule is COc1ccccc1CN(CC1CCCO1)C(=O)C(C)OCC1CCCO1. The molecule has 0 radical (unpaired) electrons. The topological polar surface area (TPSA) is 57.2 Å². The largest absolute Gasteiger partial charge is 0.496 e. The van der Waals surface area contributed by atoms with Gasteiger partial charge in [0.2, 0.25) is 0 Å². The average Bonchev–Trinajstić information content (AvgIpc) is 3.39. The molecule has 0 spiro atoms. The van der Waals surface area contributed by atoms with Gasteiger partial charge in [-0.1, -0.05) is 18.2 Å². The minimum atomic E-state index is -0.509. The summed E-state index contributed by atoms with van der Waals surface area (Å²) in [6.45, 7) is 4.90. The van der Waals surface area contributed by atoms with E-state index in [1.807, 2.05) is 36.1 Å². The zero-order chi connectivity index (χ0) is 19.1. The van der Waals surface area contributed by atoms with Gasteiger partial charge in [0, 0.05) is 31.9 Å². The summed E-state index contributed by atoms with van der Waals surface area (Å²) in [4.78, 5) is 14.9. The second-order valence-corrected chi connectivity index (χ2v) is 7.28. The first-order chi connectivity index (χ1) is 13.2. The summed E-state index contributed by atoms with van der Waals surface area (Å²) in [6, 6.07) is 7.81. The molecule has 0 N–H and O–H groups in total. The normalized spacial score (nSPS) is 23.3. The molecule has 1 aromatic carbocycles. The van der Waals surface area contributed by atoms with Crippen LogP contribution in [0.15, 0.2) is 24.3 Å². The highest BCUT2D eigenvalue weighted by atomic mass is 16.5. The lowest BCUT2D eigenvalue weighted by Gasteiger charge is -2.29. The van der Waals surface area contributed by atoms with Crippen molar-refractivity contribution in [1.29, 1.82) is 0 Å². The number of rotatable bonds is 9. The van der Waals surface area contributed by atoms with Gasteiger partial charge in [-0.05, 0) is 38.7 Å². The summed E-state index contributed by atoms with van der Waals surface area (Å²) in [5.41, 5.74) is 0.984. The number of hydrogen-bond acceptors (Lipinski definition) is 5. The zero-order valence-electron chi connectivity index (χ0n) is 16.4. The molecule has 6 heteroatoms. The summed E-state index contributed by atoms with van der Waals surface area (Å²) in [5.74, 6) is 0.768. The summed E-state index contributed by atoms with van der Waals surface area (Å²) in [6.07, 6.45) is 3.80. The van der Waals surface area contributed by atoms with Crippen LogP contribution in [0, 0.1) is 0 Å². The summed E-state index contributed by atoms with van der Waals surface area (Å²) < 4.78 is 22.6. The Morgan fingerprint density at radius 3 is 2.56 bits per heavy atom. The van der Waals surface area contributed by atoms with E-state index in [1.54, 1.807) is 7.11 Å². The molecule has 2 aliphatic rings. The van der Waals surface area contributed by atoms with Crippen molar-refractivity contribution in [3.63, 3.8) is 0 Å². The van der Waals surface area contributed by atoms with Gasteiger partial charge in [-0.2, -0.15) is 0 Å². The van der Waals surface area contributed by atoms with E-state index in [9.17, 15) is 4.79 Å². The van der Waals surface area contributed by atoms with Crippen LogP contribution in [0.5, 0.6) is 5.75 Å². The van der Waals surface area contributed by atoms with Gasteiger partial charge in [-0.25, -0.2) is 0 Å². The van der Waals surface area contributed by atoms with Crippen molar-refractivity contribution in [2.45, 2.75) is 57.5 Å². The van der Waals surface area contributed by atoms with Crippen LogP contribution in [0.2, 0.25) is 0 Å². The lowest BCUT2D eigenvalue weighted by atomic mass is 10.1. The smallest absolute Gasteiger partial charge is 0.251 e. The van der Waals surface area contributed by atoms with E-state index in [2.05, 4.69) is 0 Å². The Hall–Kier alpha value is -1.63. The summed E-state index contributed by atoms with van der Waals surface area (Å²) in [5, 5.41) is 0. The van der Waals surface area contributed by atoms with E-state index in [4.69, 9.17) is 18.9 Å². The Morgan fingerprint density at radius 2 is 1.89 bits per heavy atom. The van der Waals surface area contributed by atoms with Gasteiger partial charge in [-0.3, -0.25) is 4.79 Å². The van der Waals surface area contributed by atoms with Crippen LogP contribution >= 0.6 is 0 Å². The van der Waals surface area contributed by atoms with E-state index in [0.29, 0.717) is 19.7 Å². The molecular formula is C21H31NO5. The van der Waals surface area contributed by atoms with Crippen LogP contribution in [-0.4, -0.2) is 62.6 Å². The van der Waals surface area contributed by atoms with Crippen LogP contribution in [-0.2, 0) is 25.5 Å². The maximum Gasteiger partial charge on any atom is 0.251 e. The van der Waals surface area contributed by atoms with E-state index in [1.165, 1.54) is 0 Å². The molecule has 27 heavy (non-hydrogen) atoms. The minimum absolute atomic E-state index is 0.0191. The molecule has 2 fully saturated rings. The molecule has 3 rings (SSSR count). The third kappa shape index (κ3) is 5.67. The zero-order valence-corrected chi connectivity index (χ0v) is 16.4. The van der Waals surface area contributed by atoms with Gasteiger partial charge in [-0.15, -0.1) is 0 Å². The lowest BCUT2D eigenvalue weighted by Crippen LogP contribution is -2.43. The Balaban J connectivity index is 1.64. The molecule has 0 bridgehead atoms. The molecule has 0 aromatic heterocycles. The average molecular weight is 377 g/mol. The minimum Gasteiger partial charge on any atom is -0.496 e. The number of methoxy groups -OCH3 is 1. The van der Waals surface area contributed by atoms with Gasteiger partial charge in [0.25, 0.3) is 5.91 Å². The first kappa shape index (κ1) is 20.1. The molecular weight excluding hydrogens is 346 g/mol. The number of hydrogen-bond donors (Lipinski definition) is 0. The molecule has 2 saturated heterocycles. The second kappa shape index (κ2) is 10.1. The second-order valence-electron chi connectivity index (χ2n) is 7.28. The van der Waals surface area contributed by atoms with Crippen molar-refractivity contribution in [1.82, 2.24) is 4.90 Å². The monoisotopic (exact) mass is 377 g/mol. The molecule has 0 aliphatic carbocycles. The van der Waals surface area contributed by atoms with Crippen LogP contribution in [0.3, 0.4) is 0 Å². The van der Waals surface area contributed by atoms with Gasteiger partial charge in [0.05, 0.1) is 25.9 Å². The Kier molecular flexibility index (Phi) is 7.50. The summed E-state index contributed by atoms with van der Waals surface area (Å²) >= 11 is 0. The predicted octanol–water partition coefficient (Wildman–Crippen LogP) is 2.79. The maximum absolute atomic E-state index is 13.1. The molecule has 0 saturated carbocycles. The standard InChI is InChI=1S/C21H31NO5/c1-16(27-15-19-9-6-12-26-19)21(23)22(14-18-8-5-11-25-18)13-17-7-3-4-10-20(17)24-2/h3-4,7,10,16,18-19H,5-6,8-9,11-15H2,1-2H3. The van der Waals surface area contributed by atoms with E-state index in [-0.39, 0.29) is 18.1 Å². The molecule has 2 aliphatic heterocycles. The van der Waals surface area contributed by atoms with E-state index < -0.39 is 6.10 Å². The fraction of sp³-hybridized carbons (Fsp3) is 0.667. The van der Waals surface area contributed by atoms with Gasteiger partial charge >= 0.3 is 0 Å². The highest BCUT2D eigenvalue weighted by Crippen LogP contribution is 2.22. The van der Waals surface area contributed by atoms with Gasteiger partial charge in [0.1, 0.15) is 11.9 Å². The molecule has 1 aromatic rings. The highest BCUT2D eigenvalue weighted by Gasteiger charge is 2.28. The Labute approximate surface area is 161 Å².